The Morgan fingerprint density at radius 1 is 0.833 bits per heavy atom. The van der Waals surface area contributed by atoms with Gasteiger partial charge in [0.15, 0.2) is 13.2 Å². The number of hydrogen-bond donors (Lipinski definition) is 2. The van der Waals surface area contributed by atoms with Crippen LogP contribution in [0.15, 0.2) is 84.0 Å². The number of para-hydroxylation sites is 1. The molecule has 0 atom stereocenters. The van der Waals surface area contributed by atoms with Crippen molar-refractivity contribution in [1.29, 1.82) is 0 Å². The Kier molecular flexibility index (Phi) is 7.16. The van der Waals surface area contributed by atoms with E-state index in [1.54, 1.807) is 36.4 Å². The average Bonchev–Trinajstić information content (AvgIpc) is 2.78. The number of hydrazone groups is 1. The highest BCUT2D eigenvalue weighted by molar-refractivity contribution is 5.85. The molecule has 0 aromatic heterocycles. The molecule has 0 aliphatic carbocycles. The van der Waals surface area contributed by atoms with Crippen molar-refractivity contribution in [2.45, 2.75) is 0 Å². The Morgan fingerprint density at radius 3 is 2.23 bits per heavy atom. The van der Waals surface area contributed by atoms with Gasteiger partial charge in [0, 0.05) is 5.56 Å². The number of ether oxygens (including phenoxy) is 2. The predicted octanol–water partition coefficient (Wildman–Crippen LogP) is 3.35. The second-order valence-electron chi connectivity index (χ2n) is 6.19. The van der Waals surface area contributed by atoms with Crippen LogP contribution in [-0.2, 0) is 9.59 Å². The summed E-state index contributed by atoms with van der Waals surface area (Å²) in [6, 6.07) is 24.2. The fourth-order valence-corrected chi connectivity index (χ4v) is 2.59. The van der Waals surface area contributed by atoms with Crippen molar-refractivity contribution in [1.82, 2.24) is 5.43 Å². The largest absolute Gasteiger partial charge is 0.484 e. The normalized spacial score (nSPS) is 10.5. The summed E-state index contributed by atoms with van der Waals surface area (Å²) in [6.45, 7) is -0.659. The summed E-state index contributed by atoms with van der Waals surface area (Å²) in [5, 5.41) is 12.6. The summed E-state index contributed by atoms with van der Waals surface area (Å²) in [5.74, 6) is -0.583. The van der Waals surface area contributed by atoms with Crippen LogP contribution in [0.25, 0.3) is 11.1 Å². The summed E-state index contributed by atoms with van der Waals surface area (Å²) in [4.78, 5) is 22.6. The van der Waals surface area contributed by atoms with Crippen LogP contribution in [0.5, 0.6) is 11.5 Å². The number of amides is 1. The van der Waals surface area contributed by atoms with Crippen molar-refractivity contribution in [2.24, 2.45) is 5.10 Å². The first kappa shape index (κ1) is 20.6. The molecule has 3 aromatic carbocycles. The van der Waals surface area contributed by atoms with Crippen LogP contribution in [0.2, 0.25) is 0 Å². The van der Waals surface area contributed by atoms with Crippen LogP contribution in [0.3, 0.4) is 0 Å². The van der Waals surface area contributed by atoms with E-state index in [2.05, 4.69) is 10.5 Å². The van der Waals surface area contributed by atoms with Crippen molar-refractivity contribution < 1.29 is 24.2 Å². The van der Waals surface area contributed by atoms with Crippen molar-refractivity contribution in [3.8, 4) is 22.6 Å². The van der Waals surface area contributed by atoms with Crippen LogP contribution < -0.4 is 14.9 Å². The fraction of sp³-hybridized carbons (Fsp3) is 0.0870. The molecule has 1 amide bonds. The second kappa shape index (κ2) is 10.4. The van der Waals surface area contributed by atoms with Gasteiger partial charge in [0.05, 0.1) is 6.21 Å². The number of benzene rings is 3. The zero-order chi connectivity index (χ0) is 21.2. The molecule has 3 aromatic rings. The first-order chi connectivity index (χ1) is 14.6. The van der Waals surface area contributed by atoms with E-state index in [1.165, 1.54) is 6.21 Å². The average molecular weight is 404 g/mol. The number of hydrogen-bond acceptors (Lipinski definition) is 5. The number of carboxylic acids is 1. The van der Waals surface area contributed by atoms with Crippen LogP contribution in [-0.4, -0.2) is 36.4 Å². The first-order valence-corrected chi connectivity index (χ1v) is 9.15. The Labute approximate surface area is 173 Å². The molecule has 0 unspecified atom stereocenters. The molecule has 0 aliphatic rings. The quantitative estimate of drug-likeness (QED) is 0.421. The molecule has 0 radical (unpaired) electrons. The maximum absolute atomic E-state index is 11.9. The van der Waals surface area contributed by atoms with Crippen LogP contribution in [0.4, 0.5) is 0 Å². The minimum absolute atomic E-state index is 0.195. The van der Waals surface area contributed by atoms with Gasteiger partial charge in [0.2, 0.25) is 0 Å². The predicted molar refractivity (Wildman–Crippen MR) is 113 cm³/mol. The zero-order valence-electron chi connectivity index (χ0n) is 16.0. The van der Waals surface area contributed by atoms with Crippen LogP contribution >= 0.6 is 0 Å². The topological polar surface area (TPSA) is 97.2 Å². The molecule has 0 aliphatic heterocycles. The number of nitrogens with zero attached hydrogens (tertiary/aromatic N) is 1. The van der Waals surface area contributed by atoms with Gasteiger partial charge in [-0.3, -0.25) is 4.79 Å². The number of carbonyl (C=O) groups excluding carboxylic acids is 1. The number of carboxylic acid groups (broad SMARTS) is 1. The van der Waals surface area contributed by atoms with Gasteiger partial charge in [-0.2, -0.15) is 5.10 Å². The maximum Gasteiger partial charge on any atom is 0.341 e. The summed E-state index contributed by atoms with van der Waals surface area (Å²) in [5.41, 5.74) is 5.06. The molecular weight excluding hydrogens is 384 g/mol. The second-order valence-corrected chi connectivity index (χ2v) is 6.19. The van der Waals surface area contributed by atoms with Gasteiger partial charge in [-0.1, -0.05) is 54.6 Å². The lowest BCUT2D eigenvalue weighted by Crippen LogP contribution is -2.24. The third kappa shape index (κ3) is 6.20. The van der Waals surface area contributed by atoms with E-state index < -0.39 is 18.5 Å². The molecule has 0 saturated heterocycles. The number of aliphatic carboxylic acids is 1. The van der Waals surface area contributed by atoms with E-state index in [1.807, 2.05) is 42.5 Å². The van der Waals surface area contributed by atoms with E-state index in [-0.39, 0.29) is 6.61 Å². The Bertz CT molecular complexity index is 1020. The first-order valence-electron chi connectivity index (χ1n) is 9.15. The highest BCUT2D eigenvalue weighted by Gasteiger charge is 2.05. The van der Waals surface area contributed by atoms with Crippen molar-refractivity contribution >= 4 is 18.1 Å². The van der Waals surface area contributed by atoms with Crippen molar-refractivity contribution in [3.05, 3.63) is 84.4 Å². The highest BCUT2D eigenvalue weighted by Crippen LogP contribution is 2.22. The minimum Gasteiger partial charge on any atom is -0.484 e. The maximum atomic E-state index is 11.9. The Hall–Kier alpha value is -4.13. The molecule has 7 heteroatoms. The molecule has 30 heavy (non-hydrogen) atoms. The molecule has 3 rings (SSSR count). The van der Waals surface area contributed by atoms with Crippen LogP contribution in [0, 0.1) is 0 Å². The molecule has 7 nitrogen and oxygen atoms in total. The molecule has 0 bridgehead atoms. The summed E-state index contributed by atoms with van der Waals surface area (Å²) in [6.07, 6.45) is 1.38. The molecule has 0 fully saturated rings. The number of nitrogens with one attached hydrogen (secondary N) is 1. The van der Waals surface area contributed by atoms with E-state index in [4.69, 9.17) is 14.6 Å². The third-order valence-electron chi connectivity index (χ3n) is 3.99. The Balaban J connectivity index is 1.49. The van der Waals surface area contributed by atoms with Gasteiger partial charge in [0.25, 0.3) is 5.91 Å². The van der Waals surface area contributed by atoms with Gasteiger partial charge in [-0.15, -0.1) is 0 Å². The summed E-state index contributed by atoms with van der Waals surface area (Å²) < 4.78 is 10.6. The summed E-state index contributed by atoms with van der Waals surface area (Å²) in [7, 11) is 0. The summed E-state index contributed by atoms with van der Waals surface area (Å²) >= 11 is 0. The number of carbonyl (C=O) groups is 2. The fourth-order valence-electron chi connectivity index (χ4n) is 2.59. The molecule has 2 N–H and O–H groups in total. The van der Waals surface area contributed by atoms with E-state index in [9.17, 15) is 9.59 Å². The highest BCUT2D eigenvalue weighted by atomic mass is 16.5. The minimum atomic E-state index is -1.08. The van der Waals surface area contributed by atoms with Gasteiger partial charge in [-0.05, 0) is 35.4 Å². The molecule has 152 valence electrons. The molecule has 0 heterocycles. The van der Waals surface area contributed by atoms with Crippen molar-refractivity contribution in [2.75, 3.05) is 13.2 Å². The molecule has 0 spiro atoms. The van der Waals surface area contributed by atoms with Gasteiger partial charge in [0.1, 0.15) is 11.5 Å². The molecular formula is C23H20N2O5. The van der Waals surface area contributed by atoms with Gasteiger partial charge >= 0.3 is 5.97 Å². The molecule has 0 saturated carbocycles. The van der Waals surface area contributed by atoms with Crippen molar-refractivity contribution in [3.63, 3.8) is 0 Å². The Morgan fingerprint density at radius 2 is 1.50 bits per heavy atom. The van der Waals surface area contributed by atoms with E-state index >= 15 is 0 Å². The van der Waals surface area contributed by atoms with Gasteiger partial charge in [-0.25, -0.2) is 10.2 Å². The lowest BCUT2D eigenvalue weighted by atomic mass is 10.1. The third-order valence-corrected chi connectivity index (χ3v) is 3.99. The standard InChI is InChI=1S/C23H20N2O5/c26-22(25-24-14-19-8-4-5-9-21(19)30-16-23(27)28)15-29-20-12-10-18(11-13-20)17-6-2-1-3-7-17/h1-14H,15-16H2,(H,25,26)(H,27,28). The SMILES string of the molecule is O=C(O)COc1ccccc1C=NNC(=O)COc1ccc(-c2ccccc2)cc1. The zero-order valence-corrected chi connectivity index (χ0v) is 16.0. The van der Waals surface area contributed by atoms with E-state index in [0.29, 0.717) is 17.1 Å². The van der Waals surface area contributed by atoms with Gasteiger partial charge < -0.3 is 14.6 Å². The van der Waals surface area contributed by atoms with Crippen LogP contribution in [0.1, 0.15) is 5.56 Å². The number of rotatable bonds is 9. The monoisotopic (exact) mass is 404 g/mol. The smallest absolute Gasteiger partial charge is 0.341 e. The van der Waals surface area contributed by atoms with E-state index in [0.717, 1.165) is 11.1 Å². The lowest BCUT2D eigenvalue weighted by Gasteiger charge is -2.07. The lowest BCUT2D eigenvalue weighted by molar-refractivity contribution is -0.139.